The van der Waals surface area contributed by atoms with Crippen molar-refractivity contribution < 1.29 is 17.9 Å². The van der Waals surface area contributed by atoms with Crippen LogP contribution in [0.4, 0.5) is 18.9 Å². The third-order valence-corrected chi connectivity index (χ3v) is 2.95. The molecule has 0 fully saturated rings. The zero-order valence-corrected chi connectivity index (χ0v) is 11.7. The van der Waals surface area contributed by atoms with Crippen LogP contribution in [0, 0.1) is 0 Å². The summed E-state index contributed by atoms with van der Waals surface area (Å²) in [5.74, 6) is 0.550. The molecule has 0 amide bonds. The summed E-state index contributed by atoms with van der Waals surface area (Å²) in [6.45, 7) is 0. The summed E-state index contributed by atoms with van der Waals surface area (Å²) in [5, 5.41) is 0.365. The van der Waals surface area contributed by atoms with Crippen LogP contribution in [0.2, 0.25) is 5.02 Å². The van der Waals surface area contributed by atoms with Crippen LogP contribution >= 0.6 is 11.6 Å². The second-order valence-corrected chi connectivity index (χ2v) is 4.60. The Labute approximate surface area is 124 Å². The van der Waals surface area contributed by atoms with Gasteiger partial charge in [-0.3, -0.25) is 0 Å². The van der Waals surface area contributed by atoms with Crippen LogP contribution in [0.3, 0.4) is 0 Å². The van der Waals surface area contributed by atoms with Gasteiger partial charge in [0, 0.05) is 10.6 Å². The molecule has 0 saturated carbocycles. The Kier molecular flexibility index (Phi) is 4.53. The predicted molar refractivity (Wildman–Crippen MR) is 76.7 cm³/mol. The van der Waals surface area contributed by atoms with E-state index in [2.05, 4.69) is 4.99 Å². The fourth-order valence-corrected chi connectivity index (χ4v) is 1.81. The number of nitrogens with zero attached hydrogens (tertiary/aromatic N) is 1. The van der Waals surface area contributed by atoms with E-state index in [-0.39, 0.29) is 11.3 Å². The first-order valence-corrected chi connectivity index (χ1v) is 6.34. The Bertz CT molecular complexity index is 633. The third kappa shape index (κ3) is 3.98. The van der Waals surface area contributed by atoms with Gasteiger partial charge in [-0.1, -0.05) is 23.7 Å². The number of rotatable bonds is 3. The standard InChI is InChI=1S/C15H11ClF3NO/c1-21-13-8-6-12(7-9-13)20-14(15(17,18)19)10-2-4-11(16)5-3-10/h2-9H,1H3. The van der Waals surface area contributed by atoms with Crippen LogP contribution < -0.4 is 4.74 Å². The molecule has 0 aliphatic rings. The monoisotopic (exact) mass is 313 g/mol. The highest BCUT2D eigenvalue weighted by molar-refractivity contribution is 6.30. The van der Waals surface area contributed by atoms with Gasteiger partial charge in [0.15, 0.2) is 5.71 Å². The van der Waals surface area contributed by atoms with Crippen molar-refractivity contribution in [2.75, 3.05) is 7.11 Å². The van der Waals surface area contributed by atoms with Gasteiger partial charge in [-0.15, -0.1) is 0 Å². The average Bonchev–Trinajstić information content (AvgIpc) is 2.45. The molecular weight excluding hydrogens is 303 g/mol. The van der Waals surface area contributed by atoms with Crippen molar-refractivity contribution in [2.24, 2.45) is 4.99 Å². The normalized spacial score (nSPS) is 12.3. The minimum Gasteiger partial charge on any atom is -0.497 e. The van der Waals surface area contributed by atoms with Gasteiger partial charge >= 0.3 is 6.18 Å². The predicted octanol–water partition coefficient (Wildman–Crippen LogP) is 5.03. The highest BCUT2D eigenvalue weighted by atomic mass is 35.5. The highest BCUT2D eigenvalue weighted by Gasteiger charge is 2.36. The SMILES string of the molecule is COc1ccc(N=C(c2ccc(Cl)cc2)C(F)(F)F)cc1. The molecule has 0 aliphatic heterocycles. The molecule has 6 heteroatoms. The van der Waals surface area contributed by atoms with Gasteiger partial charge in [0.2, 0.25) is 0 Å². The lowest BCUT2D eigenvalue weighted by Crippen LogP contribution is -2.23. The van der Waals surface area contributed by atoms with Gasteiger partial charge in [-0.2, -0.15) is 13.2 Å². The van der Waals surface area contributed by atoms with Gasteiger partial charge in [-0.25, -0.2) is 4.99 Å². The van der Waals surface area contributed by atoms with Crippen molar-refractivity contribution in [1.82, 2.24) is 0 Å². The minimum atomic E-state index is -4.56. The summed E-state index contributed by atoms with van der Waals surface area (Å²) in [7, 11) is 1.48. The lowest BCUT2D eigenvalue weighted by molar-refractivity contribution is -0.0579. The van der Waals surface area contributed by atoms with Gasteiger partial charge in [0.25, 0.3) is 0 Å². The Morgan fingerprint density at radius 2 is 1.57 bits per heavy atom. The van der Waals surface area contributed by atoms with Crippen molar-refractivity contribution in [3.8, 4) is 5.75 Å². The van der Waals surface area contributed by atoms with Crippen LogP contribution in [-0.4, -0.2) is 19.0 Å². The number of benzene rings is 2. The number of hydrogen-bond acceptors (Lipinski definition) is 2. The Morgan fingerprint density at radius 3 is 2.05 bits per heavy atom. The van der Waals surface area contributed by atoms with Crippen LogP contribution in [0.5, 0.6) is 5.75 Å². The van der Waals surface area contributed by atoms with Crippen molar-refractivity contribution in [1.29, 1.82) is 0 Å². The Balaban J connectivity index is 2.44. The summed E-state index contributed by atoms with van der Waals surface area (Å²) in [6.07, 6.45) is -4.56. The van der Waals surface area contributed by atoms with Crippen molar-refractivity contribution in [2.45, 2.75) is 6.18 Å². The van der Waals surface area contributed by atoms with E-state index < -0.39 is 11.9 Å². The first-order valence-electron chi connectivity index (χ1n) is 5.96. The Morgan fingerprint density at radius 1 is 1.00 bits per heavy atom. The number of aliphatic imine (C=N–C) groups is 1. The molecule has 0 radical (unpaired) electrons. The van der Waals surface area contributed by atoms with E-state index in [0.29, 0.717) is 10.8 Å². The first-order chi connectivity index (χ1) is 9.90. The molecule has 2 aromatic carbocycles. The molecule has 0 heterocycles. The van der Waals surface area contributed by atoms with Crippen LogP contribution in [0.25, 0.3) is 0 Å². The van der Waals surface area contributed by atoms with Gasteiger partial charge in [-0.05, 0) is 36.4 Å². The molecule has 110 valence electrons. The second-order valence-electron chi connectivity index (χ2n) is 4.16. The maximum absolute atomic E-state index is 13.1. The lowest BCUT2D eigenvalue weighted by Gasteiger charge is -2.11. The molecule has 0 unspecified atom stereocenters. The average molecular weight is 314 g/mol. The molecule has 0 atom stereocenters. The van der Waals surface area contributed by atoms with E-state index in [4.69, 9.17) is 16.3 Å². The highest BCUT2D eigenvalue weighted by Crippen LogP contribution is 2.27. The second kappa shape index (κ2) is 6.18. The summed E-state index contributed by atoms with van der Waals surface area (Å²) < 4.78 is 44.4. The van der Waals surface area contributed by atoms with Gasteiger partial charge < -0.3 is 4.74 Å². The number of alkyl halides is 3. The fraction of sp³-hybridized carbons (Fsp3) is 0.133. The third-order valence-electron chi connectivity index (χ3n) is 2.70. The summed E-state index contributed by atoms with van der Waals surface area (Å²) >= 11 is 5.69. The quantitative estimate of drug-likeness (QED) is 0.728. The molecule has 0 aromatic heterocycles. The van der Waals surface area contributed by atoms with E-state index in [1.54, 1.807) is 12.1 Å². The van der Waals surface area contributed by atoms with E-state index in [0.717, 1.165) is 0 Å². The maximum atomic E-state index is 13.1. The molecule has 2 nitrogen and oxygen atoms in total. The summed E-state index contributed by atoms with van der Waals surface area (Å²) in [6, 6.07) is 11.4. The number of hydrogen-bond donors (Lipinski definition) is 0. The molecule has 0 N–H and O–H groups in total. The smallest absolute Gasteiger partial charge is 0.433 e. The maximum Gasteiger partial charge on any atom is 0.433 e. The molecule has 2 rings (SSSR count). The van der Waals surface area contributed by atoms with Gasteiger partial charge in [0.1, 0.15) is 5.75 Å². The number of halogens is 4. The van der Waals surface area contributed by atoms with E-state index in [9.17, 15) is 13.2 Å². The van der Waals surface area contributed by atoms with Gasteiger partial charge in [0.05, 0.1) is 12.8 Å². The largest absolute Gasteiger partial charge is 0.497 e. The van der Waals surface area contributed by atoms with E-state index in [1.165, 1.54) is 43.5 Å². The lowest BCUT2D eigenvalue weighted by atomic mass is 10.1. The van der Waals surface area contributed by atoms with E-state index >= 15 is 0 Å². The van der Waals surface area contributed by atoms with Crippen molar-refractivity contribution in [3.63, 3.8) is 0 Å². The first kappa shape index (κ1) is 15.4. The van der Waals surface area contributed by atoms with Crippen LogP contribution in [0.15, 0.2) is 53.5 Å². The molecule has 0 bridgehead atoms. The zero-order valence-electron chi connectivity index (χ0n) is 11.0. The zero-order chi connectivity index (χ0) is 15.5. The van der Waals surface area contributed by atoms with Crippen LogP contribution in [0.1, 0.15) is 5.56 Å². The fourth-order valence-electron chi connectivity index (χ4n) is 1.69. The van der Waals surface area contributed by atoms with Crippen molar-refractivity contribution >= 4 is 23.0 Å². The van der Waals surface area contributed by atoms with Crippen LogP contribution in [-0.2, 0) is 0 Å². The molecular formula is C15H11ClF3NO. The van der Waals surface area contributed by atoms with E-state index in [1.807, 2.05) is 0 Å². The summed E-state index contributed by atoms with van der Waals surface area (Å²) in [4.78, 5) is 3.70. The molecule has 0 spiro atoms. The minimum absolute atomic E-state index is 0.0391. The molecule has 0 saturated heterocycles. The summed E-state index contributed by atoms with van der Waals surface area (Å²) in [5.41, 5.74) is -0.815. The van der Waals surface area contributed by atoms with Crippen molar-refractivity contribution in [3.05, 3.63) is 59.1 Å². The molecule has 0 aliphatic carbocycles. The number of ether oxygens (including phenoxy) is 1. The molecule has 21 heavy (non-hydrogen) atoms. The Hall–Kier alpha value is -2.01. The number of methoxy groups -OCH3 is 1. The topological polar surface area (TPSA) is 21.6 Å². The molecule has 2 aromatic rings.